The van der Waals surface area contributed by atoms with Crippen LogP contribution in [0.4, 0.5) is 0 Å². The second kappa shape index (κ2) is 7.90. The van der Waals surface area contributed by atoms with Crippen LogP contribution in [0.3, 0.4) is 0 Å². The van der Waals surface area contributed by atoms with E-state index in [0.29, 0.717) is 36.2 Å². The maximum absolute atomic E-state index is 12.7. The summed E-state index contributed by atoms with van der Waals surface area (Å²) >= 11 is 0. The van der Waals surface area contributed by atoms with Crippen LogP contribution in [0.2, 0.25) is 0 Å². The Morgan fingerprint density at radius 1 is 1.14 bits per heavy atom. The van der Waals surface area contributed by atoms with Crippen molar-refractivity contribution in [2.24, 2.45) is 0 Å². The number of benzene rings is 1. The van der Waals surface area contributed by atoms with Crippen LogP contribution in [0.1, 0.15) is 36.8 Å². The van der Waals surface area contributed by atoms with Crippen LogP contribution in [0, 0.1) is 0 Å². The number of hydrogen-bond acceptors (Lipinski definition) is 7. The lowest BCUT2D eigenvalue weighted by Crippen LogP contribution is -2.28. The SMILES string of the molecule is COc1ccc(C(C)N2CC(c3nc(-c4ccncc4)no3)CC2=O)cc1OC. The molecule has 1 saturated heterocycles. The van der Waals surface area contributed by atoms with Crippen LogP contribution >= 0.6 is 0 Å². The number of methoxy groups -OCH3 is 2. The van der Waals surface area contributed by atoms with Gasteiger partial charge in [-0.2, -0.15) is 4.98 Å². The molecule has 0 aliphatic carbocycles. The minimum atomic E-state index is -0.131. The molecule has 1 aliphatic heterocycles. The van der Waals surface area contributed by atoms with Crippen LogP contribution in [-0.4, -0.2) is 46.7 Å². The van der Waals surface area contributed by atoms with Gasteiger partial charge in [0.2, 0.25) is 17.6 Å². The van der Waals surface area contributed by atoms with E-state index in [9.17, 15) is 4.79 Å². The Balaban J connectivity index is 1.52. The Bertz CT molecular complexity index is 1000. The summed E-state index contributed by atoms with van der Waals surface area (Å²) in [7, 11) is 3.19. The number of carbonyl (C=O) groups is 1. The van der Waals surface area contributed by atoms with Gasteiger partial charge in [0.05, 0.1) is 26.2 Å². The molecule has 0 spiro atoms. The summed E-state index contributed by atoms with van der Waals surface area (Å²) in [5.74, 6) is 2.20. The zero-order valence-corrected chi connectivity index (χ0v) is 16.5. The standard InChI is InChI=1S/C21H22N4O4/c1-13(15-4-5-17(27-2)18(10-15)28-3)25-12-16(11-19(25)26)21-23-20(24-29-21)14-6-8-22-9-7-14/h4-10,13,16H,11-12H2,1-3H3. The van der Waals surface area contributed by atoms with Crippen molar-refractivity contribution in [3.8, 4) is 22.9 Å². The zero-order chi connectivity index (χ0) is 20.4. The number of carbonyl (C=O) groups excluding carboxylic acids is 1. The average Bonchev–Trinajstić information content (AvgIpc) is 3.40. The summed E-state index contributed by atoms with van der Waals surface area (Å²) in [4.78, 5) is 23.0. The highest BCUT2D eigenvalue weighted by Crippen LogP contribution is 2.36. The molecule has 2 atom stereocenters. The minimum absolute atomic E-state index is 0.0564. The molecular formula is C21H22N4O4. The molecule has 2 unspecified atom stereocenters. The van der Waals surface area contributed by atoms with Crippen molar-refractivity contribution < 1.29 is 18.8 Å². The van der Waals surface area contributed by atoms with Gasteiger partial charge in [-0.15, -0.1) is 0 Å². The third kappa shape index (κ3) is 3.65. The fourth-order valence-electron chi connectivity index (χ4n) is 3.58. The molecule has 1 aliphatic rings. The molecule has 1 fully saturated rings. The van der Waals surface area contributed by atoms with Gasteiger partial charge in [0, 0.05) is 30.9 Å². The fraction of sp³-hybridized carbons (Fsp3) is 0.333. The number of nitrogens with zero attached hydrogens (tertiary/aromatic N) is 4. The van der Waals surface area contributed by atoms with Crippen LogP contribution in [0.25, 0.3) is 11.4 Å². The van der Waals surface area contributed by atoms with Crippen LogP contribution in [0.5, 0.6) is 11.5 Å². The van der Waals surface area contributed by atoms with Gasteiger partial charge in [-0.1, -0.05) is 11.2 Å². The van der Waals surface area contributed by atoms with Gasteiger partial charge in [0.1, 0.15) is 0 Å². The van der Waals surface area contributed by atoms with Crippen molar-refractivity contribution in [1.82, 2.24) is 20.0 Å². The van der Waals surface area contributed by atoms with Gasteiger partial charge in [-0.05, 0) is 36.8 Å². The predicted molar refractivity (Wildman–Crippen MR) is 105 cm³/mol. The van der Waals surface area contributed by atoms with Gasteiger partial charge in [0.15, 0.2) is 11.5 Å². The summed E-state index contributed by atoms with van der Waals surface area (Å²) in [6.45, 7) is 2.52. The van der Waals surface area contributed by atoms with Gasteiger partial charge in [-0.3, -0.25) is 9.78 Å². The molecule has 1 amide bonds. The Morgan fingerprint density at radius 3 is 2.62 bits per heavy atom. The number of likely N-dealkylation sites (tertiary alicyclic amines) is 1. The highest BCUT2D eigenvalue weighted by Gasteiger charge is 2.37. The predicted octanol–water partition coefficient (Wildman–Crippen LogP) is 3.23. The lowest BCUT2D eigenvalue weighted by atomic mass is 10.1. The third-order valence-electron chi connectivity index (χ3n) is 5.25. The number of rotatable bonds is 6. The van der Waals surface area contributed by atoms with Crippen molar-refractivity contribution in [3.63, 3.8) is 0 Å². The number of ether oxygens (including phenoxy) is 2. The quantitative estimate of drug-likeness (QED) is 0.634. The Labute approximate surface area is 168 Å². The number of pyridine rings is 1. The molecule has 0 radical (unpaired) electrons. The number of amides is 1. The molecule has 3 aromatic rings. The molecule has 4 rings (SSSR count). The first-order chi connectivity index (χ1) is 14.1. The first kappa shape index (κ1) is 18.9. The maximum atomic E-state index is 12.7. The van der Waals surface area contributed by atoms with E-state index in [1.807, 2.05) is 42.2 Å². The van der Waals surface area contributed by atoms with Crippen LogP contribution in [-0.2, 0) is 4.79 Å². The number of hydrogen-bond donors (Lipinski definition) is 0. The summed E-state index contributed by atoms with van der Waals surface area (Å²) in [5, 5.41) is 4.05. The molecule has 150 valence electrons. The van der Waals surface area contributed by atoms with E-state index in [-0.39, 0.29) is 17.9 Å². The van der Waals surface area contributed by atoms with Crippen LogP contribution < -0.4 is 9.47 Å². The number of aromatic nitrogens is 3. The van der Waals surface area contributed by atoms with E-state index in [1.165, 1.54) is 0 Å². The summed E-state index contributed by atoms with van der Waals surface area (Å²) in [6.07, 6.45) is 3.70. The Morgan fingerprint density at radius 2 is 1.90 bits per heavy atom. The molecule has 0 bridgehead atoms. The van der Waals surface area contributed by atoms with Gasteiger partial charge < -0.3 is 18.9 Å². The molecule has 1 aromatic carbocycles. The van der Waals surface area contributed by atoms with Crippen molar-refractivity contribution >= 4 is 5.91 Å². The first-order valence-electron chi connectivity index (χ1n) is 9.36. The van der Waals surface area contributed by atoms with Crippen molar-refractivity contribution in [2.45, 2.75) is 25.3 Å². The Hall–Kier alpha value is -3.42. The zero-order valence-electron chi connectivity index (χ0n) is 16.5. The highest BCUT2D eigenvalue weighted by molar-refractivity contribution is 5.80. The highest BCUT2D eigenvalue weighted by atomic mass is 16.5. The normalized spacial score (nSPS) is 17.4. The van der Waals surface area contributed by atoms with E-state index >= 15 is 0 Å². The van der Waals surface area contributed by atoms with E-state index in [0.717, 1.165) is 11.1 Å². The summed E-state index contributed by atoms with van der Waals surface area (Å²) in [6, 6.07) is 9.22. The monoisotopic (exact) mass is 394 g/mol. The fourth-order valence-corrected chi connectivity index (χ4v) is 3.58. The van der Waals surface area contributed by atoms with Crippen molar-refractivity contribution in [1.29, 1.82) is 0 Å². The minimum Gasteiger partial charge on any atom is -0.493 e. The van der Waals surface area contributed by atoms with Crippen molar-refractivity contribution in [3.05, 3.63) is 54.2 Å². The lowest BCUT2D eigenvalue weighted by molar-refractivity contribution is -0.129. The largest absolute Gasteiger partial charge is 0.493 e. The maximum Gasteiger partial charge on any atom is 0.232 e. The second-order valence-electron chi connectivity index (χ2n) is 6.93. The third-order valence-corrected chi connectivity index (χ3v) is 5.25. The van der Waals surface area contributed by atoms with E-state index in [1.54, 1.807) is 26.6 Å². The van der Waals surface area contributed by atoms with Gasteiger partial charge in [0.25, 0.3) is 0 Å². The van der Waals surface area contributed by atoms with Gasteiger partial charge >= 0.3 is 0 Å². The van der Waals surface area contributed by atoms with Crippen molar-refractivity contribution in [2.75, 3.05) is 20.8 Å². The second-order valence-corrected chi connectivity index (χ2v) is 6.93. The summed E-state index contributed by atoms with van der Waals surface area (Å²) in [5.41, 5.74) is 1.80. The molecule has 8 nitrogen and oxygen atoms in total. The van der Waals surface area contributed by atoms with Crippen LogP contribution in [0.15, 0.2) is 47.2 Å². The average molecular weight is 394 g/mol. The molecule has 8 heteroatoms. The molecule has 0 N–H and O–H groups in total. The lowest BCUT2D eigenvalue weighted by Gasteiger charge is -2.25. The molecule has 0 saturated carbocycles. The van der Waals surface area contributed by atoms with Gasteiger partial charge in [-0.25, -0.2) is 0 Å². The van der Waals surface area contributed by atoms with E-state index < -0.39 is 0 Å². The molecule has 3 heterocycles. The summed E-state index contributed by atoms with van der Waals surface area (Å²) < 4.78 is 16.1. The first-order valence-corrected chi connectivity index (χ1v) is 9.36. The smallest absolute Gasteiger partial charge is 0.232 e. The Kier molecular flexibility index (Phi) is 5.16. The van der Waals surface area contributed by atoms with E-state index in [2.05, 4.69) is 15.1 Å². The molecule has 29 heavy (non-hydrogen) atoms. The topological polar surface area (TPSA) is 90.6 Å². The molecule has 2 aromatic heterocycles. The molecular weight excluding hydrogens is 372 g/mol. The van der Waals surface area contributed by atoms with E-state index in [4.69, 9.17) is 14.0 Å².